The Bertz CT molecular complexity index is 514. The molecular weight excluding hydrogens is 296 g/mol. The highest BCUT2D eigenvalue weighted by Crippen LogP contribution is 2.66. The first kappa shape index (κ1) is 17.1. The van der Waals surface area contributed by atoms with Crippen LogP contribution in [0.1, 0.15) is 85.0 Å². The van der Waals surface area contributed by atoms with Crippen LogP contribution >= 0.6 is 0 Å². The molecule has 0 unspecified atom stereocenters. The summed E-state index contributed by atoms with van der Waals surface area (Å²) in [5.74, 6) is 3.94. The summed E-state index contributed by atoms with van der Waals surface area (Å²) in [5.41, 5.74) is 0.718. The average Bonchev–Trinajstić information content (AvgIpc) is 2.54. The quantitative estimate of drug-likeness (QED) is 0.735. The summed E-state index contributed by atoms with van der Waals surface area (Å²) < 4.78 is 0. The molecule has 4 fully saturated rings. The number of aliphatic hydroxyl groups is 1. The lowest BCUT2D eigenvalue weighted by Crippen LogP contribution is -2.57. The van der Waals surface area contributed by atoms with Gasteiger partial charge in [-0.3, -0.25) is 4.79 Å². The van der Waals surface area contributed by atoms with Gasteiger partial charge in [0, 0.05) is 5.92 Å². The first-order valence-corrected chi connectivity index (χ1v) is 10.5. The molecule has 2 nitrogen and oxygen atoms in total. The maximum Gasteiger partial charge on any atom is 0.133 e. The van der Waals surface area contributed by atoms with Crippen molar-refractivity contribution >= 4 is 5.78 Å². The van der Waals surface area contributed by atoms with Crippen molar-refractivity contribution in [3.63, 3.8) is 0 Å². The molecular formula is C22H36O2. The van der Waals surface area contributed by atoms with Crippen LogP contribution in [0.2, 0.25) is 0 Å². The fourth-order valence-corrected chi connectivity index (χ4v) is 8.10. The van der Waals surface area contributed by atoms with Gasteiger partial charge in [-0.25, -0.2) is 0 Å². The number of fused-ring (bicyclic) bond motifs is 5. The van der Waals surface area contributed by atoms with E-state index in [1.807, 2.05) is 6.92 Å². The summed E-state index contributed by atoms with van der Waals surface area (Å²) in [7, 11) is 0. The lowest BCUT2D eigenvalue weighted by atomic mass is 9.41. The Labute approximate surface area is 147 Å². The highest BCUT2D eigenvalue weighted by molar-refractivity contribution is 5.79. The lowest BCUT2D eigenvalue weighted by Gasteiger charge is -2.63. The zero-order chi connectivity index (χ0) is 17.1. The number of carbonyl (C=O) groups is 1. The van der Waals surface area contributed by atoms with E-state index < -0.39 is 0 Å². The number of aliphatic hydroxyl groups excluding tert-OH is 1. The van der Waals surface area contributed by atoms with E-state index in [1.165, 1.54) is 44.9 Å². The van der Waals surface area contributed by atoms with Crippen molar-refractivity contribution in [2.24, 2.45) is 40.4 Å². The first-order chi connectivity index (χ1) is 11.4. The number of carbonyl (C=O) groups excluding carboxylic acids is 1. The number of rotatable bonds is 1. The number of Topliss-reactive ketones (excluding diaryl/α,β-unsaturated/α-hetero) is 1. The molecule has 4 saturated carbocycles. The van der Waals surface area contributed by atoms with E-state index in [4.69, 9.17) is 0 Å². The Balaban J connectivity index is 1.63. The molecule has 2 heteroatoms. The summed E-state index contributed by atoms with van der Waals surface area (Å²) in [5, 5.41) is 10.1. The second-order valence-electron chi connectivity index (χ2n) is 10.2. The van der Waals surface area contributed by atoms with Crippen molar-refractivity contribution in [1.82, 2.24) is 0 Å². The predicted molar refractivity (Wildman–Crippen MR) is 96.5 cm³/mol. The van der Waals surface area contributed by atoms with Crippen LogP contribution in [0.3, 0.4) is 0 Å². The van der Waals surface area contributed by atoms with Crippen LogP contribution in [0.25, 0.3) is 0 Å². The molecule has 4 aliphatic carbocycles. The third kappa shape index (κ3) is 2.35. The van der Waals surface area contributed by atoms with Crippen LogP contribution in [0.4, 0.5) is 0 Å². The molecule has 0 aromatic carbocycles. The fraction of sp³-hybridized carbons (Fsp3) is 0.955. The first-order valence-electron chi connectivity index (χ1n) is 10.5. The van der Waals surface area contributed by atoms with Crippen molar-refractivity contribution in [2.45, 2.75) is 91.1 Å². The zero-order valence-corrected chi connectivity index (χ0v) is 15.9. The van der Waals surface area contributed by atoms with Crippen molar-refractivity contribution in [2.75, 3.05) is 0 Å². The summed E-state index contributed by atoms with van der Waals surface area (Å²) in [6, 6.07) is 0. The zero-order valence-electron chi connectivity index (χ0n) is 15.9. The van der Waals surface area contributed by atoms with Gasteiger partial charge in [0.25, 0.3) is 0 Å². The van der Waals surface area contributed by atoms with Gasteiger partial charge in [0.2, 0.25) is 0 Å². The Hall–Kier alpha value is -0.370. The van der Waals surface area contributed by atoms with Gasteiger partial charge in [-0.15, -0.1) is 0 Å². The van der Waals surface area contributed by atoms with E-state index in [0.717, 1.165) is 42.9 Å². The molecule has 0 saturated heterocycles. The number of hydrogen-bond acceptors (Lipinski definition) is 2. The van der Waals surface area contributed by atoms with E-state index in [0.29, 0.717) is 17.1 Å². The Kier molecular flexibility index (Phi) is 4.14. The normalized spacial score (nSPS) is 54.3. The SMILES string of the molecule is CC(=O)[C@@H]1CCC[C@H]2[C@@H]3CC[C@H]4C[C@H](O)CC[C@]4(C)[C@H]3CC[C@]12C. The van der Waals surface area contributed by atoms with Crippen molar-refractivity contribution in [1.29, 1.82) is 0 Å². The Morgan fingerprint density at radius 1 is 0.917 bits per heavy atom. The van der Waals surface area contributed by atoms with Crippen molar-refractivity contribution < 1.29 is 9.90 Å². The molecule has 0 heterocycles. The van der Waals surface area contributed by atoms with E-state index >= 15 is 0 Å². The molecule has 0 radical (unpaired) electrons. The van der Waals surface area contributed by atoms with Crippen molar-refractivity contribution in [3.8, 4) is 0 Å². The Morgan fingerprint density at radius 3 is 2.38 bits per heavy atom. The van der Waals surface area contributed by atoms with Crippen LogP contribution in [0.5, 0.6) is 0 Å². The molecule has 24 heavy (non-hydrogen) atoms. The largest absolute Gasteiger partial charge is 0.393 e. The van der Waals surface area contributed by atoms with Crippen LogP contribution in [-0.4, -0.2) is 17.0 Å². The lowest BCUT2D eigenvalue weighted by molar-refractivity contribution is -0.159. The standard InChI is InChI=1S/C22H36O2/c1-14(23)18-5-4-6-19-17-8-7-15-13-16(24)9-11-21(15,2)20(17)10-12-22(18,19)3/h15-20,24H,4-13H2,1-3H3/t15-,16+,17-,18-,19-,20-,21-,22+/m0/s1. The van der Waals surface area contributed by atoms with Gasteiger partial charge < -0.3 is 5.11 Å². The highest BCUT2D eigenvalue weighted by atomic mass is 16.3. The topological polar surface area (TPSA) is 37.3 Å². The molecule has 136 valence electrons. The predicted octanol–water partition coefficient (Wildman–Crippen LogP) is 4.99. The number of ketones is 1. The maximum absolute atomic E-state index is 12.3. The minimum Gasteiger partial charge on any atom is -0.393 e. The fourth-order valence-electron chi connectivity index (χ4n) is 8.10. The van der Waals surface area contributed by atoms with Gasteiger partial charge >= 0.3 is 0 Å². The van der Waals surface area contributed by atoms with E-state index in [2.05, 4.69) is 13.8 Å². The average molecular weight is 333 g/mol. The maximum atomic E-state index is 12.3. The van der Waals surface area contributed by atoms with Crippen LogP contribution < -0.4 is 0 Å². The molecule has 0 amide bonds. The van der Waals surface area contributed by atoms with Gasteiger partial charge in [0.15, 0.2) is 0 Å². The van der Waals surface area contributed by atoms with Gasteiger partial charge in [0.1, 0.15) is 5.78 Å². The highest BCUT2D eigenvalue weighted by Gasteiger charge is 2.59. The molecule has 4 aliphatic rings. The van der Waals surface area contributed by atoms with Crippen LogP contribution in [0, 0.1) is 40.4 Å². The molecule has 0 aromatic rings. The van der Waals surface area contributed by atoms with E-state index in [9.17, 15) is 9.90 Å². The van der Waals surface area contributed by atoms with Crippen LogP contribution in [-0.2, 0) is 4.79 Å². The Morgan fingerprint density at radius 2 is 1.62 bits per heavy atom. The summed E-state index contributed by atoms with van der Waals surface area (Å²) in [6.45, 7) is 6.84. The third-order valence-corrected chi connectivity index (χ3v) is 9.37. The summed E-state index contributed by atoms with van der Waals surface area (Å²) >= 11 is 0. The van der Waals surface area contributed by atoms with E-state index in [-0.39, 0.29) is 11.5 Å². The molecule has 0 bridgehead atoms. The molecule has 8 atom stereocenters. The van der Waals surface area contributed by atoms with Crippen LogP contribution in [0.15, 0.2) is 0 Å². The minimum absolute atomic E-state index is 0.0507. The summed E-state index contributed by atoms with van der Waals surface area (Å²) in [4.78, 5) is 12.3. The summed E-state index contributed by atoms with van der Waals surface area (Å²) in [6.07, 6.45) is 12.2. The third-order valence-electron chi connectivity index (χ3n) is 9.37. The molecule has 0 spiro atoms. The molecule has 1 N–H and O–H groups in total. The second-order valence-corrected chi connectivity index (χ2v) is 10.2. The van der Waals surface area contributed by atoms with Gasteiger partial charge in [-0.05, 0) is 99.2 Å². The molecule has 4 rings (SSSR count). The van der Waals surface area contributed by atoms with Crippen molar-refractivity contribution in [3.05, 3.63) is 0 Å². The van der Waals surface area contributed by atoms with E-state index in [1.54, 1.807) is 0 Å². The smallest absolute Gasteiger partial charge is 0.133 e. The molecule has 0 aliphatic heterocycles. The second kappa shape index (κ2) is 5.83. The van der Waals surface area contributed by atoms with Gasteiger partial charge in [-0.1, -0.05) is 20.3 Å². The van der Waals surface area contributed by atoms with Gasteiger partial charge in [0.05, 0.1) is 6.10 Å². The minimum atomic E-state index is -0.0507. The monoisotopic (exact) mass is 332 g/mol. The molecule has 0 aromatic heterocycles. The van der Waals surface area contributed by atoms with Gasteiger partial charge in [-0.2, -0.15) is 0 Å². The number of hydrogen-bond donors (Lipinski definition) is 1.